The van der Waals surface area contributed by atoms with Crippen molar-refractivity contribution in [2.45, 2.75) is 6.92 Å². The van der Waals surface area contributed by atoms with Crippen molar-refractivity contribution < 1.29 is 9.53 Å². The van der Waals surface area contributed by atoms with Gasteiger partial charge in [-0.15, -0.1) is 0 Å². The lowest BCUT2D eigenvalue weighted by molar-refractivity contribution is 0.0526. The van der Waals surface area contributed by atoms with Gasteiger partial charge in [0.1, 0.15) is 0 Å². The average molecular weight is 324 g/mol. The number of anilines is 2. The maximum absolute atomic E-state index is 11.8. The highest BCUT2D eigenvalue weighted by atomic mass is 16.5. The van der Waals surface area contributed by atoms with E-state index in [0.29, 0.717) is 18.1 Å². The van der Waals surface area contributed by atoms with Gasteiger partial charge in [0.15, 0.2) is 0 Å². The Bertz CT molecular complexity index is 814. The smallest absolute Gasteiger partial charge is 0.338 e. The van der Waals surface area contributed by atoms with E-state index in [4.69, 9.17) is 4.74 Å². The van der Waals surface area contributed by atoms with Gasteiger partial charge in [-0.05, 0) is 37.3 Å². The molecular weight excluding hydrogens is 304 g/mol. The van der Waals surface area contributed by atoms with E-state index >= 15 is 0 Å². The minimum Gasteiger partial charge on any atom is -0.462 e. The molecule has 0 aliphatic carbocycles. The molecule has 0 spiro atoms. The van der Waals surface area contributed by atoms with Crippen LogP contribution in [0.25, 0.3) is 11.0 Å². The van der Waals surface area contributed by atoms with Gasteiger partial charge < -0.3 is 20.4 Å². The first kappa shape index (κ1) is 15.9. The molecule has 6 heteroatoms. The van der Waals surface area contributed by atoms with Crippen LogP contribution in [-0.2, 0) is 4.74 Å². The predicted octanol–water partition coefficient (Wildman–Crippen LogP) is 3.26. The summed E-state index contributed by atoms with van der Waals surface area (Å²) in [5, 5.41) is 6.55. The Morgan fingerprint density at radius 2 is 1.92 bits per heavy atom. The van der Waals surface area contributed by atoms with Crippen molar-refractivity contribution in [3.8, 4) is 0 Å². The van der Waals surface area contributed by atoms with Gasteiger partial charge in [0.2, 0.25) is 5.95 Å². The number of carbonyl (C=O) groups excluding carboxylic acids is 1. The molecule has 1 heterocycles. The number of H-pyrrole nitrogens is 1. The molecule has 0 saturated carbocycles. The first-order valence-corrected chi connectivity index (χ1v) is 7.96. The number of aromatic nitrogens is 2. The third-order valence-electron chi connectivity index (χ3n) is 3.51. The number of benzene rings is 2. The number of nitrogens with zero attached hydrogens (tertiary/aromatic N) is 1. The summed E-state index contributed by atoms with van der Waals surface area (Å²) in [6.07, 6.45) is 0. The molecule has 0 saturated heterocycles. The summed E-state index contributed by atoms with van der Waals surface area (Å²) >= 11 is 0. The minimum absolute atomic E-state index is 0.324. The highest BCUT2D eigenvalue weighted by molar-refractivity contribution is 5.94. The fraction of sp³-hybridized carbons (Fsp3) is 0.222. The molecule has 124 valence electrons. The lowest BCUT2D eigenvalue weighted by atomic mass is 10.2. The Morgan fingerprint density at radius 1 is 1.12 bits per heavy atom. The van der Waals surface area contributed by atoms with Crippen LogP contribution in [0.4, 0.5) is 11.6 Å². The van der Waals surface area contributed by atoms with Gasteiger partial charge in [-0.25, -0.2) is 9.78 Å². The standard InChI is InChI=1S/C18H20N4O2/c1-2-24-17(23)13-8-9-15-16(12-13)22-18(21-15)20-11-10-19-14-6-4-3-5-7-14/h3-9,12,19H,2,10-11H2,1H3,(H2,20,21,22). The van der Waals surface area contributed by atoms with Gasteiger partial charge >= 0.3 is 5.97 Å². The Balaban J connectivity index is 1.58. The zero-order valence-corrected chi connectivity index (χ0v) is 13.5. The molecule has 0 fully saturated rings. The zero-order valence-electron chi connectivity index (χ0n) is 13.5. The van der Waals surface area contributed by atoms with Crippen LogP contribution in [0.3, 0.4) is 0 Å². The van der Waals surface area contributed by atoms with Gasteiger partial charge in [-0.3, -0.25) is 0 Å². The Kier molecular flexibility index (Phi) is 4.96. The van der Waals surface area contributed by atoms with Crippen molar-refractivity contribution in [3.63, 3.8) is 0 Å². The highest BCUT2D eigenvalue weighted by Gasteiger charge is 2.09. The first-order chi connectivity index (χ1) is 11.8. The summed E-state index contributed by atoms with van der Waals surface area (Å²) in [4.78, 5) is 19.4. The molecule has 0 unspecified atom stereocenters. The van der Waals surface area contributed by atoms with Crippen LogP contribution < -0.4 is 10.6 Å². The third kappa shape index (κ3) is 3.84. The minimum atomic E-state index is -0.324. The summed E-state index contributed by atoms with van der Waals surface area (Å²) in [6, 6.07) is 15.3. The molecular formula is C18H20N4O2. The van der Waals surface area contributed by atoms with Crippen molar-refractivity contribution >= 4 is 28.6 Å². The topological polar surface area (TPSA) is 79.0 Å². The second-order valence-corrected chi connectivity index (χ2v) is 5.26. The number of hydrogen-bond acceptors (Lipinski definition) is 5. The normalized spacial score (nSPS) is 10.5. The molecule has 0 amide bonds. The monoisotopic (exact) mass is 324 g/mol. The SMILES string of the molecule is CCOC(=O)c1ccc2nc(NCCNc3ccccc3)[nH]c2c1. The molecule has 1 aromatic heterocycles. The Labute approximate surface area is 140 Å². The molecule has 0 radical (unpaired) electrons. The van der Waals surface area contributed by atoms with E-state index < -0.39 is 0 Å². The predicted molar refractivity (Wildman–Crippen MR) is 95.5 cm³/mol. The van der Waals surface area contributed by atoms with Crippen LogP contribution in [0, 0.1) is 0 Å². The van der Waals surface area contributed by atoms with Crippen LogP contribution in [-0.4, -0.2) is 35.6 Å². The molecule has 3 N–H and O–H groups in total. The largest absolute Gasteiger partial charge is 0.462 e. The van der Waals surface area contributed by atoms with E-state index in [9.17, 15) is 4.79 Å². The summed E-state index contributed by atoms with van der Waals surface area (Å²) in [5.41, 5.74) is 3.22. The number of rotatable bonds is 7. The van der Waals surface area contributed by atoms with Gasteiger partial charge in [-0.1, -0.05) is 18.2 Å². The van der Waals surface area contributed by atoms with Gasteiger partial charge in [0.25, 0.3) is 0 Å². The molecule has 2 aromatic carbocycles. The first-order valence-electron chi connectivity index (χ1n) is 7.96. The molecule has 6 nitrogen and oxygen atoms in total. The van der Waals surface area contributed by atoms with Gasteiger partial charge in [-0.2, -0.15) is 0 Å². The summed E-state index contributed by atoms with van der Waals surface area (Å²) < 4.78 is 5.01. The Hall–Kier alpha value is -3.02. The number of aromatic amines is 1. The molecule has 3 aromatic rings. The van der Waals surface area contributed by atoms with Crippen molar-refractivity contribution in [2.24, 2.45) is 0 Å². The molecule has 0 aliphatic heterocycles. The summed E-state index contributed by atoms with van der Waals surface area (Å²) in [7, 11) is 0. The average Bonchev–Trinajstić information content (AvgIpc) is 3.02. The van der Waals surface area contributed by atoms with Crippen molar-refractivity contribution in [1.82, 2.24) is 9.97 Å². The summed E-state index contributed by atoms with van der Waals surface area (Å²) in [5.74, 6) is 0.358. The van der Waals surface area contributed by atoms with E-state index in [-0.39, 0.29) is 5.97 Å². The number of esters is 1. The lowest BCUT2D eigenvalue weighted by Crippen LogP contribution is -2.14. The van der Waals surface area contributed by atoms with Crippen molar-refractivity contribution in [3.05, 3.63) is 54.1 Å². The number of hydrogen-bond donors (Lipinski definition) is 3. The third-order valence-corrected chi connectivity index (χ3v) is 3.51. The van der Waals surface area contributed by atoms with Crippen LogP contribution >= 0.6 is 0 Å². The Morgan fingerprint density at radius 3 is 2.71 bits per heavy atom. The van der Waals surface area contributed by atoms with Crippen LogP contribution in [0.15, 0.2) is 48.5 Å². The van der Waals surface area contributed by atoms with E-state index in [1.165, 1.54) is 0 Å². The summed E-state index contributed by atoms with van der Waals surface area (Å²) in [6.45, 7) is 3.65. The lowest BCUT2D eigenvalue weighted by Gasteiger charge is -2.06. The quantitative estimate of drug-likeness (QED) is 0.459. The number of ether oxygens (including phenoxy) is 1. The fourth-order valence-corrected chi connectivity index (χ4v) is 2.38. The van der Waals surface area contributed by atoms with Gasteiger partial charge in [0, 0.05) is 18.8 Å². The van der Waals surface area contributed by atoms with Crippen molar-refractivity contribution in [2.75, 3.05) is 30.3 Å². The molecule has 0 bridgehead atoms. The number of nitrogens with one attached hydrogen (secondary N) is 3. The molecule has 24 heavy (non-hydrogen) atoms. The van der Waals surface area contributed by atoms with Crippen LogP contribution in [0.2, 0.25) is 0 Å². The van der Waals surface area contributed by atoms with E-state index in [0.717, 1.165) is 29.8 Å². The zero-order chi connectivity index (χ0) is 16.8. The van der Waals surface area contributed by atoms with Crippen LogP contribution in [0.5, 0.6) is 0 Å². The second kappa shape index (κ2) is 7.50. The maximum atomic E-state index is 11.8. The second-order valence-electron chi connectivity index (χ2n) is 5.26. The van der Waals surface area contributed by atoms with E-state index in [2.05, 4.69) is 20.6 Å². The maximum Gasteiger partial charge on any atom is 0.338 e. The number of para-hydroxylation sites is 1. The molecule has 0 atom stereocenters. The van der Waals surface area contributed by atoms with Gasteiger partial charge in [0.05, 0.1) is 23.2 Å². The number of carbonyl (C=O) groups is 1. The highest BCUT2D eigenvalue weighted by Crippen LogP contribution is 2.16. The van der Waals surface area contributed by atoms with Crippen molar-refractivity contribution in [1.29, 1.82) is 0 Å². The van der Waals surface area contributed by atoms with E-state index in [1.54, 1.807) is 19.1 Å². The fourth-order valence-electron chi connectivity index (χ4n) is 2.38. The number of imidazole rings is 1. The molecule has 3 rings (SSSR count). The molecule has 0 aliphatic rings. The van der Waals surface area contributed by atoms with Crippen LogP contribution in [0.1, 0.15) is 17.3 Å². The number of fused-ring (bicyclic) bond motifs is 1. The van der Waals surface area contributed by atoms with E-state index in [1.807, 2.05) is 36.4 Å².